The van der Waals surface area contributed by atoms with Crippen molar-refractivity contribution in [2.24, 2.45) is 0 Å². The van der Waals surface area contributed by atoms with Gasteiger partial charge in [0.1, 0.15) is 0 Å². The molecule has 23 heavy (non-hydrogen) atoms. The Morgan fingerprint density at radius 1 is 1.26 bits per heavy atom. The number of amides is 1. The van der Waals surface area contributed by atoms with Gasteiger partial charge in [-0.1, -0.05) is 42.5 Å². The molecule has 1 atom stereocenters. The van der Waals surface area contributed by atoms with Crippen LogP contribution in [0.25, 0.3) is 10.8 Å². The van der Waals surface area contributed by atoms with Crippen LogP contribution in [-0.2, 0) is 0 Å². The van der Waals surface area contributed by atoms with Crippen molar-refractivity contribution in [1.82, 2.24) is 4.90 Å². The van der Waals surface area contributed by atoms with Crippen LogP contribution in [0.5, 0.6) is 0 Å². The van der Waals surface area contributed by atoms with Gasteiger partial charge in [-0.3, -0.25) is 4.79 Å². The third kappa shape index (κ3) is 3.45. The largest absolute Gasteiger partial charge is 0.388 e. The third-order valence-corrected chi connectivity index (χ3v) is 4.23. The molecular formula is C20H25NO2. The predicted molar refractivity (Wildman–Crippen MR) is 95.6 cm³/mol. The summed E-state index contributed by atoms with van der Waals surface area (Å²) < 4.78 is 0. The van der Waals surface area contributed by atoms with Crippen molar-refractivity contribution in [2.45, 2.75) is 38.8 Å². The van der Waals surface area contributed by atoms with Crippen molar-refractivity contribution in [1.29, 1.82) is 0 Å². The Kier molecular flexibility index (Phi) is 4.90. The molecule has 122 valence electrons. The van der Waals surface area contributed by atoms with E-state index in [2.05, 4.69) is 6.58 Å². The highest BCUT2D eigenvalue weighted by molar-refractivity contribution is 6.08. The van der Waals surface area contributed by atoms with Gasteiger partial charge in [-0.05, 0) is 43.5 Å². The monoisotopic (exact) mass is 311 g/mol. The first-order valence-electron chi connectivity index (χ1n) is 7.86. The predicted octanol–water partition coefficient (Wildman–Crippen LogP) is 4.32. The van der Waals surface area contributed by atoms with E-state index in [0.29, 0.717) is 17.5 Å². The summed E-state index contributed by atoms with van der Waals surface area (Å²) in [6, 6.07) is 11.6. The van der Waals surface area contributed by atoms with Gasteiger partial charge in [0, 0.05) is 12.6 Å². The molecule has 0 saturated heterocycles. The lowest BCUT2D eigenvalue weighted by atomic mass is 9.92. The zero-order valence-corrected chi connectivity index (χ0v) is 14.3. The highest BCUT2D eigenvalue weighted by atomic mass is 16.3. The molecule has 1 amide bonds. The fourth-order valence-electron chi connectivity index (χ4n) is 2.56. The topological polar surface area (TPSA) is 40.5 Å². The molecule has 2 rings (SSSR count). The van der Waals surface area contributed by atoms with Crippen molar-refractivity contribution in [2.75, 3.05) is 7.05 Å². The number of hydrogen-bond donors (Lipinski definition) is 1. The molecule has 0 unspecified atom stereocenters. The first kappa shape index (κ1) is 17.2. The zero-order valence-electron chi connectivity index (χ0n) is 14.3. The second kappa shape index (κ2) is 6.55. The number of aliphatic hydroxyl groups excluding tert-OH is 1. The Balaban J connectivity index is 2.68. The average molecular weight is 311 g/mol. The normalized spacial score (nSPS) is 12.9. The molecule has 3 heteroatoms. The second-order valence-corrected chi connectivity index (χ2v) is 6.83. The average Bonchev–Trinajstić information content (AvgIpc) is 2.51. The van der Waals surface area contributed by atoms with Gasteiger partial charge in [0.2, 0.25) is 0 Å². The molecular weight excluding hydrogens is 286 g/mol. The number of nitrogens with zero attached hydrogens (tertiary/aromatic N) is 1. The van der Waals surface area contributed by atoms with Crippen molar-refractivity contribution in [3.8, 4) is 0 Å². The van der Waals surface area contributed by atoms with Crippen LogP contribution in [-0.4, -0.2) is 28.5 Å². The van der Waals surface area contributed by atoms with Crippen molar-refractivity contribution < 1.29 is 9.90 Å². The van der Waals surface area contributed by atoms with E-state index >= 15 is 0 Å². The second-order valence-electron chi connectivity index (χ2n) is 6.83. The maximum atomic E-state index is 13.1. The maximum Gasteiger partial charge on any atom is 0.255 e. The van der Waals surface area contributed by atoms with Gasteiger partial charge in [0.15, 0.2) is 0 Å². The number of carbonyl (C=O) groups is 1. The van der Waals surface area contributed by atoms with Crippen molar-refractivity contribution in [3.05, 3.63) is 60.2 Å². The highest BCUT2D eigenvalue weighted by Gasteiger charge is 2.28. The van der Waals surface area contributed by atoms with E-state index in [4.69, 9.17) is 0 Å². The summed E-state index contributed by atoms with van der Waals surface area (Å²) in [6.07, 6.45) is 1.35. The maximum absolute atomic E-state index is 13.1. The Morgan fingerprint density at radius 3 is 2.52 bits per heavy atom. The quantitative estimate of drug-likeness (QED) is 0.854. The molecule has 2 aromatic carbocycles. The lowest BCUT2D eigenvalue weighted by Gasteiger charge is -2.33. The number of rotatable bonds is 4. The van der Waals surface area contributed by atoms with Gasteiger partial charge in [0.05, 0.1) is 11.7 Å². The fraction of sp³-hybridized carbons (Fsp3) is 0.350. The summed E-state index contributed by atoms with van der Waals surface area (Å²) in [5.74, 6) is -0.0765. The molecule has 2 aromatic rings. The van der Waals surface area contributed by atoms with Crippen molar-refractivity contribution in [3.63, 3.8) is 0 Å². The number of carbonyl (C=O) groups excluding carboxylic acids is 1. The van der Waals surface area contributed by atoms with Crippen LogP contribution in [0.1, 0.15) is 49.2 Å². The van der Waals surface area contributed by atoms with Gasteiger partial charge in [-0.15, -0.1) is 6.58 Å². The minimum Gasteiger partial charge on any atom is -0.388 e. The van der Waals surface area contributed by atoms with Gasteiger partial charge in [-0.2, -0.15) is 0 Å². The van der Waals surface area contributed by atoms with E-state index in [1.807, 2.05) is 57.2 Å². The Bertz CT molecular complexity index is 728. The lowest BCUT2D eigenvalue weighted by molar-refractivity contribution is 0.0651. The van der Waals surface area contributed by atoms with Crippen LogP contribution in [0.4, 0.5) is 0 Å². The molecule has 0 heterocycles. The number of fused-ring (bicyclic) bond motifs is 1. The van der Waals surface area contributed by atoms with E-state index < -0.39 is 6.10 Å². The molecule has 0 fully saturated rings. The Morgan fingerprint density at radius 2 is 1.91 bits per heavy atom. The summed E-state index contributed by atoms with van der Waals surface area (Å²) in [7, 11) is 1.80. The number of benzene rings is 2. The minimum atomic E-state index is -0.732. The van der Waals surface area contributed by atoms with Gasteiger partial charge < -0.3 is 10.0 Å². The van der Waals surface area contributed by atoms with Crippen LogP contribution in [0, 0.1) is 0 Å². The summed E-state index contributed by atoms with van der Waals surface area (Å²) in [5, 5.41) is 12.3. The lowest BCUT2D eigenvalue weighted by Crippen LogP contribution is -2.43. The first-order chi connectivity index (χ1) is 10.8. The minimum absolute atomic E-state index is 0.0765. The SMILES string of the molecule is C=CC[C@H](O)c1ccc2ccccc2c1C(=O)N(C)C(C)(C)C. The molecule has 0 radical (unpaired) electrons. The van der Waals surface area contributed by atoms with E-state index in [1.165, 1.54) is 0 Å². The van der Waals surface area contributed by atoms with E-state index in [9.17, 15) is 9.90 Å². The highest BCUT2D eigenvalue weighted by Crippen LogP contribution is 2.30. The fourth-order valence-corrected chi connectivity index (χ4v) is 2.56. The van der Waals surface area contributed by atoms with Gasteiger partial charge >= 0.3 is 0 Å². The van der Waals surface area contributed by atoms with Crippen LogP contribution >= 0.6 is 0 Å². The van der Waals surface area contributed by atoms with E-state index in [1.54, 1.807) is 18.0 Å². The third-order valence-electron chi connectivity index (χ3n) is 4.23. The smallest absolute Gasteiger partial charge is 0.255 e. The summed E-state index contributed by atoms with van der Waals surface area (Å²) in [4.78, 5) is 14.8. The molecule has 0 aliphatic rings. The first-order valence-corrected chi connectivity index (χ1v) is 7.86. The zero-order chi connectivity index (χ0) is 17.2. The summed E-state index contributed by atoms with van der Waals surface area (Å²) in [6.45, 7) is 9.67. The van der Waals surface area contributed by atoms with Crippen LogP contribution in [0.2, 0.25) is 0 Å². The molecule has 0 aromatic heterocycles. The molecule has 0 bridgehead atoms. The van der Waals surface area contributed by atoms with E-state index in [-0.39, 0.29) is 11.4 Å². The van der Waals surface area contributed by atoms with Gasteiger partial charge in [0.25, 0.3) is 5.91 Å². The molecule has 0 aliphatic heterocycles. The van der Waals surface area contributed by atoms with Crippen LogP contribution in [0.15, 0.2) is 49.1 Å². The molecule has 0 aliphatic carbocycles. The van der Waals surface area contributed by atoms with Crippen molar-refractivity contribution >= 4 is 16.7 Å². The standard InChI is InChI=1S/C20H25NO2/c1-6-9-17(22)16-13-12-14-10-7-8-11-15(14)18(16)19(23)21(5)20(2,3)4/h6-8,10-13,17,22H,1,9H2,2-5H3/t17-/m0/s1. The molecule has 3 nitrogen and oxygen atoms in total. The molecule has 0 spiro atoms. The van der Waals surface area contributed by atoms with Crippen LogP contribution < -0.4 is 0 Å². The summed E-state index contributed by atoms with van der Waals surface area (Å²) in [5.41, 5.74) is 0.939. The molecule has 0 saturated carbocycles. The number of hydrogen-bond acceptors (Lipinski definition) is 2. The van der Waals surface area contributed by atoms with Gasteiger partial charge in [-0.25, -0.2) is 0 Å². The van der Waals surface area contributed by atoms with E-state index in [0.717, 1.165) is 10.8 Å². The number of aliphatic hydroxyl groups is 1. The molecule has 1 N–H and O–H groups in total. The Labute approximate surface area is 138 Å². The van der Waals surface area contributed by atoms with Crippen LogP contribution in [0.3, 0.4) is 0 Å². The Hall–Kier alpha value is -2.13. The summed E-state index contributed by atoms with van der Waals surface area (Å²) >= 11 is 0.